The van der Waals surface area contributed by atoms with Crippen molar-refractivity contribution in [3.8, 4) is 0 Å². The first kappa shape index (κ1) is 15.1. The van der Waals surface area contributed by atoms with Crippen molar-refractivity contribution in [3.63, 3.8) is 0 Å². The van der Waals surface area contributed by atoms with E-state index in [1.54, 1.807) is 0 Å². The molecule has 2 aromatic carbocycles. The van der Waals surface area contributed by atoms with Crippen molar-refractivity contribution in [3.05, 3.63) is 78.7 Å². The minimum absolute atomic E-state index is 0.0528. The molecule has 1 unspecified atom stereocenters. The van der Waals surface area contributed by atoms with Crippen LogP contribution in [0.25, 0.3) is 0 Å². The Morgan fingerprint density at radius 1 is 1.00 bits per heavy atom. The average molecular weight is 281 g/mol. The molecular weight excluding hydrogens is 260 g/mol. The number of carbonyl (C=O) groups is 1. The maximum absolute atomic E-state index is 11.9. The molecule has 0 fully saturated rings. The van der Waals surface area contributed by atoms with E-state index in [1.807, 2.05) is 48.5 Å². The second-order valence-electron chi connectivity index (χ2n) is 4.89. The number of hydrogen-bond acceptors (Lipinski definition) is 1. The molecule has 2 N–H and O–H groups in total. The topological polar surface area (TPSA) is 41.1 Å². The number of rotatable bonds is 6. The van der Waals surface area contributed by atoms with Crippen molar-refractivity contribution in [1.29, 1.82) is 0 Å². The van der Waals surface area contributed by atoms with Gasteiger partial charge in [0.25, 0.3) is 0 Å². The highest BCUT2D eigenvalue weighted by Gasteiger charge is 2.11. The summed E-state index contributed by atoms with van der Waals surface area (Å²) in [6.45, 7) is 4.52. The molecule has 2 rings (SSSR count). The molecule has 0 heterocycles. The van der Waals surface area contributed by atoms with Crippen molar-refractivity contribution in [2.75, 3.05) is 6.54 Å². The molecule has 0 saturated carbocycles. The molecule has 2 amide bonds. The number of carbonyl (C=O) groups excluding carboxylic acids is 1. The largest absolute Gasteiger partial charge is 0.338 e. The van der Waals surface area contributed by atoms with Crippen molar-refractivity contribution in [2.45, 2.75) is 18.9 Å². The highest BCUT2D eigenvalue weighted by molar-refractivity contribution is 5.74. The van der Waals surface area contributed by atoms with Crippen LogP contribution in [-0.2, 0) is 6.42 Å². The fourth-order valence-electron chi connectivity index (χ4n) is 2.18. The van der Waals surface area contributed by atoms with Gasteiger partial charge in [-0.25, -0.2) is 4.79 Å². The van der Waals surface area contributed by atoms with Gasteiger partial charge in [-0.1, -0.05) is 67.6 Å². The van der Waals surface area contributed by atoms with E-state index in [0.717, 1.165) is 12.0 Å². The lowest BCUT2D eigenvalue weighted by molar-refractivity contribution is 0.237. The molecule has 0 aliphatic carbocycles. The van der Waals surface area contributed by atoms with Crippen LogP contribution >= 0.6 is 0 Å². The molecule has 0 aliphatic heterocycles. The van der Waals surface area contributed by atoms with Crippen LogP contribution in [0.5, 0.6) is 0 Å². The third kappa shape index (κ3) is 4.95. The van der Waals surface area contributed by atoms with Gasteiger partial charge in [-0.15, -0.1) is 0 Å². The molecule has 3 heteroatoms. The molecule has 3 nitrogen and oxygen atoms in total. The van der Waals surface area contributed by atoms with Gasteiger partial charge in [0.15, 0.2) is 0 Å². The number of benzene rings is 2. The molecular formula is C18H21N2O. The predicted octanol–water partition coefficient (Wildman–Crippen LogP) is 3.49. The van der Waals surface area contributed by atoms with Crippen LogP contribution in [0.4, 0.5) is 4.79 Å². The Labute approximate surface area is 126 Å². The Kier molecular flexibility index (Phi) is 5.83. The van der Waals surface area contributed by atoms with Crippen LogP contribution in [0.3, 0.4) is 0 Å². The first-order chi connectivity index (χ1) is 10.3. The highest BCUT2D eigenvalue weighted by atomic mass is 16.2. The van der Waals surface area contributed by atoms with Gasteiger partial charge in [0.2, 0.25) is 0 Å². The molecule has 0 spiro atoms. The van der Waals surface area contributed by atoms with E-state index >= 15 is 0 Å². The smallest absolute Gasteiger partial charge is 0.315 e. The van der Waals surface area contributed by atoms with Crippen LogP contribution in [-0.4, -0.2) is 12.6 Å². The minimum Gasteiger partial charge on any atom is -0.338 e. The zero-order valence-corrected chi connectivity index (χ0v) is 12.1. The van der Waals surface area contributed by atoms with Gasteiger partial charge in [0.1, 0.15) is 0 Å². The van der Waals surface area contributed by atoms with Gasteiger partial charge < -0.3 is 10.6 Å². The van der Waals surface area contributed by atoms with E-state index in [-0.39, 0.29) is 12.1 Å². The lowest BCUT2D eigenvalue weighted by Gasteiger charge is -2.17. The van der Waals surface area contributed by atoms with Crippen molar-refractivity contribution in [1.82, 2.24) is 10.6 Å². The van der Waals surface area contributed by atoms with Crippen LogP contribution in [0, 0.1) is 6.92 Å². The van der Waals surface area contributed by atoms with Crippen LogP contribution in [0.1, 0.15) is 23.6 Å². The van der Waals surface area contributed by atoms with Crippen LogP contribution in [0.2, 0.25) is 0 Å². The quantitative estimate of drug-likeness (QED) is 0.836. The molecule has 2 aromatic rings. The predicted molar refractivity (Wildman–Crippen MR) is 85.8 cm³/mol. The van der Waals surface area contributed by atoms with E-state index in [0.29, 0.717) is 13.0 Å². The third-order valence-corrected chi connectivity index (χ3v) is 3.34. The zero-order chi connectivity index (χ0) is 14.9. The van der Waals surface area contributed by atoms with E-state index < -0.39 is 0 Å². The Morgan fingerprint density at radius 2 is 1.62 bits per heavy atom. The summed E-state index contributed by atoms with van der Waals surface area (Å²) in [7, 11) is 0. The lowest BCUT2D eigenvalue weighted by Crippen LogP contribution is -2.38. The maximum atomic E-state index is 11.9. The number of nitrogens with one attached hydrogen (secondary N) is 2. The molecule has 0 saturated heterocycles. The Balaban J connectivity index is 1.78. The number of urea groups is 1. The van der Waals surface area contributed by atoms with Gasteiger partial charge >= 0.3 is 6.03 Å². The first-order valence-corrected chi connectivity index (χ1v) is 7.22. The maximum Gasteiger partial charge on any atom is 0.315 e. The molecule has 1 atom stereocenters. The summed E-state index contributed by atoms with van der Waals surface area (Å²) in [6, 6.07) is 19.8. The van der Waals surface area contributed by atoms with Crippen molar-refractivity contribution < 1.29 is 4.79 Å². The van der Waals surface area contributed by atoms with Crippen LogP contribution in [0.15, 0.2) is 60.7 Å². The Morgan fingerprint density at radius 3 is 2.24 bits per heavy atom. The second-order valence-corrected chi connectivity index (χ2v) is 4.89. The lowest BCUT2D eigenvalue weighted by atomic mass is 10.1. The van der Waals surface area contributed by atoms with Gasteiger partial charge in [0, 0.05) is 6.54 Å². The van der Waals surface area contributed by atoms with Crippen LogP contribution < -0.4 is 10.6 Å². The molecule has 0 aromatic heterocycles. The number of hydrogen-bond donors (Lipinski definition) is 2. The fraction of sp³-hybridized carbons (Fsp3) is 0.222. The van der Waals surface area contributed by atoms with Gasteiger partial charge in [-0.2, -0.15) is 0 Å². The second kappa shape index (κ2) is 8.10. The van der Waals surface area contributed by atoms with E-state index in [1.165, 1.54) is 5.56 Å². The summed E-state index contributed by atoms with van der Waals surface area (Å²) in [6.07, 6.45) is 1.45. The Hall–Kier alpha value is -2.29. The summed E-state index contributed by atoms with van der Waals surface area (Å²) < 4.78 is 0. The molecule has 0 bridgehead atoms. The van der Waals surface area contributed by atoms with E-state index in [4.69, 9.17) is 0 Å². The van der Waals surface area contributed by atoms with E-state index in [2.05, 4.69) is 29.7 Å². The Bertz CT molecular complexity index is 540. The molecule has 0 aliphatic rings. The van der Waals surface area contributed by atoms with Crippen molar-refractivity contribution in [2.24, 2.45) is 0 Å². The standard InChI is InChI=1S/C18H21N2O/c1-2-17(16-11-7-4-8-12-16)20-18(21)19-14-13-15-9-5-3-6-10-15/h3-12,17H,1-2,13-14H2,(H2,19,20,21). The monoisotopic (exact) mass is 281 g/mol. The number of amides is 2. The summed E-state index contributed by atoms with van der Waals surface area (Å²) in [4.78, 5) is 11.9. The molecule has 1 radical (unpaired) electrons. The SMILES string of the molecule is [CH2]CC(NC(=O)NCCc1ccccc1)c1ccccc1. The van der Waals surface area contributed by atoms with Gasteiger partial charge in [-0.05, 0) is 24.0 Å². The fourth-order valence-corrected chi connectivity index (χ4v) is 2.18. The van der Waals surface area contributed by atoms with Crippen molar-refractivity contribution >= 4 is 6.03 Å². The summed E-state index contributed by atoms with van der Waals surface area (Å²) in [5.41, 5.74) is 2.29. The van der Waals surface area contributed by atoms with Gasteiger partial charge in [0.05, 0.1) is 6.04 Å². The zero-order valence-electron chi connectivity index (χ0n) is 12.1. The normalized spacial score (nSPS) is 11.7. The van der Waals surface area contributed by atoms with E-state index in [9.17, 15) is 4.79 Å². The third-order valence-electron chi connectivity index (χ3n) is 3.34. The summed E-state index contributed by atoms with van der Waals surface area (Å²) in [5.74, 6) is 0. The summed E-state index contributed by atoms with van der Waals surface area (Å²) in [5, 5.41) is 5.84. The molecule has 109 valence electrons. The summed E-state index contributed by atoms with van der Waals surface area (Å²) >= 11 is 0. The average Bonchev–Trinajstić information content (AvgIpc) is 2.54. The minimum atomic E-state index is -0.150. The first-order valence-electron chi connectivity index (χ1n) is 7.22. The molecule has 21 heavy (non-hydrogen) atoms. The van der Waals surface area contributed by atoms with Gasteiger partial charge in [-0.3, -0.25) is 0 Å². The highest BCUT2D eigenvalue weighted by Crippen LogP contribution is 2.15.